The third-order valence-electron chi connectivity index (χ3n) is 3.39. The Labute approximate surface area is 130 Å². The summed E-state index contributed by atoms with van der Waals surface area (Å²) in [4.78, 5) is 12.3. The van der Waals surface area contributed by atoms with Gasteiger partial charge in [0.1, 0.15) is 5.54 Å². The summed E-state index contributed by atoms with van der Waals surface area (Å²) in [5, 5.41) is 4.02. The van der Waals surface area contributed by atoms with Gasteiger partial charge in [-0.1, -0.05) is 46.9 Å². The van der Waals surface area contributed by atoms with Crippen LogP contribution < -0.4 is 11.1 Å². The Morgan fingerprint density at radius 3 is 2.25 bits per heavy atom. The van der Waals surface area contributed by atoms with Crippen LogP contribution >= 0.6 is 34.8 Å². The summed E-state index contributed by atoms with van der Waals surface area (Å²) in [6.45, 7) is 0. The first-order valence-corrected chi connectivity index (χ1v) is 6.92. The van der Waals surface area contributed by atoms with Crippen LogP contribution in [0.4, 0.5) is 5.69 Å². The molecule has 1 aliphatic heterocycles. The second kappa shape index (κ2) is 4.64. The van der Waals surface area contributed by atoms with Crippen molar-refractivity contribution >= 4 is 46.4 Å². The Bertz CT molecular complexity index is 715. The molecule has 0 aliphatic carbocycles. The molecule has 3 rings (SSSR count). The number of anilines is 1. The second-order valence-electron chi connectivity index (χ2n) is 4.58. The van der Waals surface area contributed by atoms with Crippen molar-refractivity contribution in [3.63, 3.8) is 0 Å². The van der Waals surface area contributed by atoms with Crippen LogP contribution in [0.3, 0.4) is 0 Å². The summed E-state index contributed by atoms with van der Waals surface area (Å²) in [5.41, 5.74) is 6.85. The van der Waals surface area contributed by atoms with Crippen molar-refractivity contribution in [2.75, 3.05) is 5.32 Å². The van der Waals surface area contributed by atoms with Gasteiger partial charge in [0.15, 0.2) is 0 Å². The van der Waals surface area contributed by atoms with Crippen molar-refractivity contribution in [2.45, 2.75) is 5.54 Å². The maximum Gasteiger partial charge on any atom is 0.253 e. The van der Waals surface area contributed by atoms with E-state index in [-0.39, 0.29) is 5.91 Å². The number of nitrogens with two attached hydrogens (primary N) is 1. The average molecular weight is 328 g/mol. The van der Waals surface area contributed by atoms with Gasteiger partial charge in [-0.3, -0.25) is 4.79 Å². The highest BCUT2D eigenvalue weighted by atomic mass is 35.5. The Balaban J connectivity index is 2.22. The van der Waals surface area contributed by atoms with Gasteiger partial charge in [0.2, 0.25) is 0 Å². The molecule has 2 aromatic carbocycles. The van der Waals surface area contributed by atoms with Crippen molar-refractivity contribution < 1.29 is 4.79 Å². The molecule has 1 unspecified atom stereocenters. The highest BCUT2D eigenvalue weighted by Gasteiger charge is 2.45. The lowest BCUT2D eigenvalue weighted by Gasteiger charge is -2.23. The minimum atomic E-state index is -1.30. The smallest absolute Gasteiger partial charge is 0.253 e. The molecule has 3 nitrogen and oxygen atoms in total. The number of halogens is 3. The molecule has 1 atom stereocenters. The average Bonchev–Trinajstić information content (AvgIpc) is 2.65. The minimum absolute atomic E-state index is 0.326. The maximum absolute atomic E-state index is 12.3. The second-order valence-corrected chi connectivity index (χ2v) is 5.83. The fourth-order valence-electron chi connectivity index (χ4n) is 2.32. The zero-order chi connectivity index (χ0) is 14.5. The highest BCUT2D eigenvalue weighted by Crippen LogP contribution is 2.42. The molecule has 6 heteroatoms. The van der Waals surface area contributed by atoms with Crippen LogP contribution in [0.15, 0.2) is 36.4 Å². The predicted molar refractivity (Wildman–Crippen MR) is 81.5 cm³/mol. The summed E-state index contributed by atoms with van der Waals surface area (Å²) in [5.74, 6) is -0.326. The van der Waals surface area contributed by atoms with E-state index in [1.807, 2.05) is 0 Å². The van der Waals surface area contributed by atoms with Crippen LogP contribution in [0.25, 0.3) is 0 Å². The molecular formula is C14H9Cl3N2O. The van der Waals surface area contributed by atoms with Crippen molar-refractivity contribution in [1.82, 2.24) is 0 Å². The van der Waals surface area contributed by atoms with Gasteiger partial charge in [-0.05, 0) is 29.8 Å². The normalized spacial score (nSPS) is 20.7. The van der Waals surface area contributed by atoms with Crippen molar-refractivity contribution in [2.24, 2.45) is 5.73 Å². The molecule has 0 radical (unpaired) electrons. The summed E-state index contributed by atoms with van der Waals surface area (Å²) in [7, 11) is 0. The van der Waals surface area contributed by atoms with Gasteiger partial charge in [-0.2, -0.15) is 0 Å². The van der Waals surface area contributed by atoms with Gasteiger partial charge in [-0.25, -0.2) is 0 Å². The van der Waals surface area contributed by atoms with E-state index in [1.54, 1.807) is 36.4 Å². The van der Waals surface area contributed by atoms with Crippen molar-refractivity contribution in [3.8, 4) is 0 Å². The van der Waals surface area contributed by atoms with Crippen LogP contribution in [0.1, 0.15) is 11.1 Å². The molecule has 0 saturated heterocycles. The molecule has 1 amide bonds. The minimum Gasteiger partial charge on any atom is -0.323 e. The van der Waals surface area contributed by atoms with E-state index >= 15 is 0 Å². The van der Waals surface area contributed by atoms with Crippen LogP contribution in [-0.4, -0.2) is 5.91 Å². The van der Waals surface area contributed by atoms with Gasteiger partial charge < -0.3 is 11.1 Å². The van der Waals surface area contributed by atoms with E-state index in [0.29, 0.717) is 31.9 Å². The van der Waals surface area contributed by atoms with E-state index in [0.717, 1.165) is 0 Å². The number of hydrogen-bond acceptors (Lipinski definition) is 2. The number of nitrogens with one attached hydrogen (secondary N) is 1. The molecule has 1 aliphatic rings. The Morgan fingerprint density at radius 1 is 1.00 bits per heavy atom. The number of hydrogen-bond donors (Lipinski definition) is 2. The molecule has 20 heavy (non-hydrogen) atoms. The number of carbonyl (C=O) groups excluding carboxylic acids is 1. The lowest BCUT2D eigenvalue weighted by Crippen LogP contribution is -2.44. The molecule has 2 aromatic rings. The number of amides is 1. The quantitative estimate of drug-likeness (QED) is 0.837. The lowest BCUT2D eigenvalue weighted by molar-refractivity contribution is -0.119. The molecule has 0 aromatic heterocycles. The van der Waals surface area contributed by atoms with Crippen molar-refractivity contribution in [1.29, 1.82) is 0 Å². The standard InChI is InChI=1S/C14H9Cl3N2O/c15-8-3-1-7(2-4-8)14(18)9-5-10(16)11(17)6-12(9)19-13(14)20/h1-6H,18H2,(H,19,20). The number of fused-ring (bicyclic) bond motifs is 1. The third-order valence-corrected chi connectivity index (χ3v) is 4.37. The largest absolute Gasteiger partial charge is 0.323 e. The van der Waals surface area contributed by atoms with Gasteiger partial charge in [-0.15, -0.1) is 0 Å². The van der Waals surface area contributed by atoms with Gasteiger partial charge >= 0.3 is 0 Å². The van der Waals surface area contributed by atoms with Gasteiger partial charge in [0, 0.05) is 16.3 Å². The first-order chi connectivity index (χ1) is 9.42. The van der Waals surface area contributed by atoms with E-state index in [4.69, 9.17) is 40.5 Å². The fourth-order valence-corrected chi connectivity index (χ4v) is 2.77. The number of carbonyl (C=O) groups is 1. The predicted octanol–water partition coefficient (Wildman–Crippen LogP) is 3.80. The summed E-state index contributed by atoms with van der Waals surface area (Å²) < 4.78 is 0. The van der Waals surface area contributed by atoms with Crippen LogP contribution in [-0.2, 0) is 10.3 Å². The molecule has 1 heterocycles. The molecule has 0 saturated carbocycles. The monoisotopic (exact) mass is 326 g/mol. The van der Waals surface area contributed by atoms with E-state index in [2.05, 4.69) is 5.32 Å². The first kappa shape index (κ1) is 13.7. The Kier molecular flexibility index (Phi) is 3.18. The zero-order valence-electron chi connectivity index (χ0n) is 10.1. The van der Waals surface area contributed by atoms with Crippen LogP contribution in [0.2, 0.25) is 15.1 Å². The van der Waals surface area contributed by atoms with Crippen molar-refractivity contribution in [3.05, 3.63) is 62.6 Å². The summed E-state index contributed by atoms with van der Waals surface area (Å²) in [6, 6.07) is 10.0. The van der Waals surface area contributed by atoms with E-state index in [9.17, 15) is 4.79 Å². The van der Waals surface area contributed by atoms with Crippen LogP contribution in [0, 0.1) is 0 Å². The molecular weight excluding hydrogens is 319 g/mol. The first-order valence-electron chi connectivity index (χ1n) is 5.79. The Hall–Kier alpha value is -1.26. The Morgan fingerprint density at radius 2 is 1.60 bits per heavy atom. The lowest BCUT2D eigenvalue weighted by atomic mass is 9.85. The van der Waals surface area contributed by atoms with E-state index in [1.165, 1.54) is 0 Å². The third kappa shape index (κ3) is 1.90. The summed E-state index contributed by atoms with van der Waals surface area (Å²) >= 11 is 17.9. The number of benzene rings is 2. The topological polar surface area (TPSA) is 55.1 Å². The summed E-state index contributed by atoms with van der Waals surface area (Å²) in [6.07, 6.45) is 0. The SMILES string of the molecule is NC1(c2ccc(Cl)cc2)C(=O)Nc2cc(Cl)c(Cl)cc21. The van der Waals surface area contributed by atoms with Crippen LogP contribution in [0.5, 0.6) is 0 Å². The fraction of sp³-hybridized carbons (Fsp3) is 0.0714. The maximum atomic E-state index is 12.3. The molecule has 0 fully saturated rings. The molecule has 0 bridgehead atoms. The van der Waals surface area contributed by atoms with E-state index < -0.39 is 5.54 Å². The van der Waals surface area contributed by atoms with Gasteiger partial charge in [0.05, 0.1) is 10.0 Å². The molecule has 102 valence electrons. The number of rotatable bonds is 1. The van der Waals surface area contributed by atoms with Gasteiger partial charge in [0.25, 0.3) is 5.91 Å². The molecule has 0 spiro atoms. The highest BCUT2D eigenvalue weighted by molar-refractivity contribution is 6.42. The zero-order valence-corrected chi connectivity index (χ0v) is 12.4. The molecule has 3 N–H and O–H groups in total.